The zero-order valence-electron chi connectivity index (χ0n) is 15.2. The number of aromatic nitrogens is 3. The van der Waals surface area contributed by atoms with Gasteiger partial charge in [0.15, 0.2) is 5.82 Å². The Hall–Kier alpha value is -2.03. The first-order chi connectivity index (χ1) is 13.1. The van der Waals surface area contributed by atoms with Crippen molar-refractivity contribution in [2.45, 2.75) is 26.4 Å². The van der Waals surface area contributed by atoms with Gasteiger partial charge >= 0.3 is 0 Å². The van der Waals surface area contributed by atoms with Crippen LogP contribution in [-0.4, -0.2) is 40.4 Å². The summed E-state index contributed by atoms with van der Waals surface area (Å²) in [6.45, 7) is 7.98. The van der Waals surface area contributed by atoms with Gasteiger partial charge in [-0.05, 0) is 32.0 Å². The Bertz CT molecular complexity index is 1100. The lowest BCUT2D eigenvalue weighted by Gasteiger charge is -2.32. The minimum atomic E-state index is -0.288. The number of hydrogen-bond donors (Lipinski definition) is 1. The van der Waals surface area contributed by atoms with E-state index in [0.717, 1.165) is 47.0 Å². The Morgan fingerprint density at radius 1 is 1.30 bits per heavy atom. The van der Waals surface area contributed by atoms with E-state index in [0.29, 0.717) is 11.6 Å². The fourth-order valence-electron chi connectivity index (χ4n) is 3.56. The molecule has 8 heteroatoms. The van der Waals surface area contributed by atoms with Gasteiger partial charge in [-0.25, -0.2) is 9.37 Å². The molecule has 4 heterocycles. The predicted molar refractivity (Wildman–Crippen MR) is 112 cm³/mol. The summed E-state index contributed by atoms with van der Waals surface area (Å²) >= 11 is 3.35. The van der Waals surface area contributed by atoms with Gasteiger partial charge in [0.05, 0.1) is 9.70 Å². The van der Waals surface area contributed by atoms with Crippen molar-refractivity contribution in [3.63, 3.8) is 0 Å². The smallest absolute Gasteiger partial charge is 0.152 e. The minimum absolute atomic E-state index is 0.288. The molecule has 27 heavy (non-hydrogen) atoms. The molecule has 0 bridgehead atoms. The van der Waals surface area contributed by atoms with E-state index in [9.17, 15) is 4.39 Å². The number of nitrogens with zero attached hydrogens (tertiary/aromatic N) is 4. The van der Waals surface area contributed by atoms with Crippen LogP contribution in [0.2, 0.25) is 0 Å². The summed E-state index contributed by atoms with van der Waals surface area (Å²) in [5.41, 5.74) is 1.25. The molecular weight excluding hydrogens is 381 g/mol. The number of fused-ring (bicyclic) bond motifs is 2. The molecule has 0 saturated carbocycles. The highest BCUT2D eigenvalue weighted by Gasteiger charge is 2.20. The summed E-state index contributed by atoms with van der Waals surface area (Å²) in [6, 6.07) is 6.26. The molecule has 1 N–H and O–H groups in total. The van der Waals surface area contributed by atoms with Crippen molar-refractivity contribution in [2.75, 3.05) is 24.5 Å². The van der Waals surface area contributed by atoms with Crippen LogP contribution >= 0.6 is 22.7 Å². The van der Waals surface area contributed by atoms with Gasteiger partial charge in [0.1, 0.15) is 15.4 Å². The number of piperazine rings is 1. The summed E-state index contributed by atoms with van der Waals surface area (Å²) < 4.78 is 17.4. The highest BCUT2D eigenvalue weighted by molar-refractivity contribution is 7.30. The molecule has 0 amide bonds. The summed E-state index contributed by atoms with van der Waals surface area (Å²) in [7, 11) is 0. The van der Waals surface area contributed by atoms with Crippen LogP contribution in [0.1, 0.15) is 13.8 Å². The third kappa shape index (κ3) is 3.01. The molecule has 0 spiro atoms. The number of aryl methyl sites for hydroxylation is 1. The van der Waals surface area contributed by atoms with Gasteiger partial charge in [0.25, 0.3) is 0 Å². The van der Waals surface area contributed by atoms with Gasteiger partial charge < -0.3 is 10.2 Å². The predicted octanol–water partition coefficient (Wildman–Crippen LogP) is 4.33. The van der Waals surface area contributed by atoms with Gasteiger partial charge in [0.2, 0.25) is 0 Å². The first-order valence-corrected chi connectivity index (χ1v) is 10.8. The molecule has 1 aliphatic rings. The van der Waals surface area contributed by atoms with E-state index < -0.39 is 0 Å². The second-order valence-corrected chi connectivity index (χ2v) is 8.99. The highest BCUT2D eigenvalue weighted by Crippen LogP contribution is 2.40. The van der Waals surface area contributed by atoms with Gasteiger partial charge in [-0.1, -0.05) is 11.3 Å². The second kappa shape index (κ2) is 6.54. The van der Waals surface area contributed by atoms with Crippen molar-refractivity contribution in [1.82, 2.24) is 20.1 Å². The number of thiophene rings is 1. The van der Waals surface area contributed by atoms with E-state index >= 15 is 0 Å². The lowest BCUT2D eigenvalue weighted by Crippen LogP contribution is -2.49. The first-order valence-electron chi connectivity index (χ1n) is 9.16. The van der Waals surface area contributed by atoms with Crippen molar-refractivity contribution in [3.05, 3.63) is 30.2 Å². The maximum absolute atomic E-state index is 14.5. The van der Waals surface area contributed by atoms with Crippen molar-refractivity contribution in [1.29, 1.82) is 0 Å². The molecule has 1 fully saturated rings. The second-order valence-electron chi connectivity index (χ2n) is 6.95. The third-order valence-corrected chi connectivity index (χ3v) is 7.21. The summed E-state index contributed by atoms with van der Waals surface area (Å²) in [5.74, 6) is -0.288. The molecule has 1 saturated heterocycles. The SMILES string of the molecule is CCn1cc2cc(-c3nc4sc(N5CCNC(C)C5)cc4s3)cc(F)c2n1. The summed E-state index contributed by atoms with van der Waals surface area (Å²) in [6.07, 6.45) is 1.89. The van der Waals surface area contributed by atoms with Crippen LogP contribution in [0.5, 0.6) is 0 Å². The Balaban J connectivity index is 1.50. The van der Waals surface area contributed by atoms with E-state index in [1.165, 1.54) is 9.70 Å². The topological polar surface area (TPSA) is 46.0 Å². The lowest BCUT2D eigenvalue weighted by atomic mass is 10.1. The van der Waals surface area contributed by atoms with Crippen LogP contribution in [0.4, 0.5) is 9.39 Å². The molecule has 1 unspecified atom stereocenters. The molecule has 1 atom stereocenters. The van der Waals surface area contributed by atoms with Gasteiger partial charge in [-0.3, -0.25) is 4.68 Å². The Labute approximate surface area is 164 Å². The van der Waals surface area contributed by atoms with Crippen LogP contribution < -0.4 is 10.2 Å². The number of nitrogens with one attached hydrogen (secondary N) is 1. The van der Waals surface area contributed by atoms with E-state index in [2.05, 4.69) is 28.3 Å². The van der Waals surface area contributed by atoms with Crippen molar-refractivity contribution < 1.29 is 4.39 Å². The first kappa shape index (κ1) is 17.1. The van der Waals surface area contributed by atoms with Crippen molar-refractivity contribution >= 4 is 48.1 Å². The quantitative estimate of drug-likeness (QED) is 0.555. The van der Waals surface area contributed by atoms with Gasteiger partial charge in [-0.2, -0.15) is 5.10 Å². The molecular formula is C19H20FN5S2. The number of rotatable bonds is 3. The lowest BCUT2D eigenvalue weighted by molar-refractivity contribution is 0.486. The molecule has 5 rings (SSSR count). The fraction of sp³-hybridized carbons (Fsp3) is 0.368. The highest BCUT2D eigenvalue weighted by atomic mass is 32.1. The number of halogens is 1. The number of thiazole rings is 1. The molecule has 0 radical (unpaired) electrons. The molecule has 1 aliphatic heterocycles. The van der Waals surface area contributed by atoms with E-state index in [1.807, 2.05) is 19.2 Å². The van der Waals surface area contributed by atoms with Crippen LogP contribution in [0.25, 0.3) is 31.0 Å². The van der Waals surface area contributed by atoms with E-state index in [-0.39, 0.29) is 5.82 Å². The van der Waals surface area contributed by atoms with Crippen LogP contribution in [0.15, 0.2) is 24.4 Å². The van der Waals surface area contributed by atoms with Crippen LogP contribution in [0, 0.1) is 5.82 Å². The summed E-state index contributed by atoms with van der Waals surface area (Å²) in [5, 5.41) is 10.7. The average Bonchev–Trinajstić information content (AvgIpc) is 3.34. The largest absolute Gasteiger partial charge is 0.361 e. The van der Waals surface area contributed by atoms with Crippen molar-refractivity contribution in [2.24, 2.45) is 0 Å². The minimum Gasteiger partial charge on any atom is -0.361 e. The zero-order valence-corrected chi connectivity index (χ0v) is 16.8. The zero-order chi connectivity index (χ0) is 18.5. The Morgan fingerprint density at radius 2 is 2.19 bits per heavy atom. The number of hydrogen-bond acceptors (Lipinski definition) is 6. The molecule has 0 aliphatic carbocycles. The third-order valence-electron chi connectivity index (χ3n) is 4.94. The average molecular weight is 402 g/mol. The molecule has 140 valence electrons. The number of benzene rings is 1. The van der Waals surface area contributed by atoms with Crippen molar-refractivity contribution in [3.8, 4) is 10.6 Å². The maximum Gasteiger partial charge on any atom is 0.152 e. The van der Waals surface area contributed by atoms with Crippen LogP contribution in [0.3, 0.4) is 0 Å². The monoisotopic (exact) mass is 401 g/mol. The number of anilines is 1. The summed E-state index contributed by atoms with van der Waals surface area (Å²) in [4.78, 5) is 8.24. The Morgan fingerprint density at radius 3 is 2.96 bits per heavy atom. The van der Waals surface area contributed by atoms with E-state index in [1.54, 1.807) is 33.4 Å². The molecule has 3 aromatic heterocycles. The molecule has 1 aromatic carbocycles. The van der Waals surface area contributed by atoms with E-state index in [4.69, 9.17) is 4.98 Å². The Kier molecular flexibility index (Phi) is 4.14. The standard InChI is InChI=1S/C19H20FN5S2/c1-3-25-10-13-6-12(7-14(20)17(13)23-25)18-22-19-15(26-18)8-16(27-19)24-5-4-21-11(2)9-24/h6-8,10-11,21H,3-5,9H2,1-2H3. The van der Waals surface area contributed by atoms with Gasteiger partial charge in [-0.15, -0.1) is 11.3 Å². The molecule has 4 aromatic rings. The fourth-order valence-corrected chi connectivity index (χ4v) is 5.80. The maximum atomic E-state index is 14.5. The van der Waals surface area contributed by atoms with Crippen LogP contribution in [-0.2, 0) is 6.54 Å². The normalized spacial score (nSPS) is 18.0. The van der Waals surface area contributed by atoms with Gasteiger partial charge in [0, 0.05) is 49.4 Å². The molecule has 5 nitrogen and oxygen atoms in total.